The molecule has 0 atom stereocenters. The number of fused-ring (bicyclic) bond motifs is 1. The molecule has 0 N–H and O–H groups in total. The van der Waals surface area contributed by atoms with E-state index in [2.05, 4.69) is 23.3 Å². The fourth-order valence-corrected chi connectivity index (χ4v) is 1.48. The first-order valence-corrected chi connectivity index (χ1v) is 4.10. The highest BCUT2D eigenvalue weighted by Gasteiger charge is 2.03. The monoisotopic (exact) mass is 161 g/mol. The summed E-state index contributed by atoms with van der Waals surface area (Å²) in [7, 11) is 1.93. The van der Waals surface area contributed by atoms with E-state index in [0.717, 1.165) is 17.5 Å². The Morgan fingerprint density at radius 2 is 2.25 bits per heavy atom. The number of benzene rings is 1. The van der Waals surface area contributed by atoms with E-state index in [9.17, 15) is 0 Å². The first-order valence-electron chi connectivity index (χ1n) is 4.10. The molecule has 0 spiro atoms. The molecule has 3 heteroatoms. The summed E-state index contributed by atoms with van der Waals surface area (Å²) in [6, 6.07) is 6.13. The molecule has 62 valence electrons. The lowest BCUT2D eigenvalue weighted by atomic mass is 10.1. The van der Waals surface area contributed by atoms with E-state index < -0.39 is 0 Å². The lowest BCUT2D eigenvalue weighted by Crippen LogP contribution is -1.93. The molecule has 0 aliphatic heterocycles. The SMILES string of the molecule is CCc1cccc2nnn(C)c12. The molecule has 0 aliphatic rings. The number of hydrogen-bond acceptors (Lipinski definition) is 2. The molecular weight excluding hydrogens is 150 g/mol. The van der Waals surface area contributed by atoms with Gasteiger partial charge in [0.15, 0.2) is 0 Å². The maximum atomic E-state index is 4.04. The molecule has 1 aromatic heterocycles. The number of nitrogens with zero attached hydrogens (tertiary/aromatic N) is 3. The van der Waals surface area contributed by atoms with E-state index in [1.54, 1.807) is 0 Å². The van der Waals surface area contributed by atoms with E-state index in [4.69, 9.17) is 0 Å². The molecule has 0 aliphatic carbocycles. The normalized spacial score (nSPS) is 10.8. The quantitative estimate of drug-likeness (QED) is 0.635. The third kappa shape index (κ3) is 0.897. The van der Waals surface area contributed by atoms with Crippen LogP contribution in [0, 0.1) is 0 Å². The third-order valence-electron chi connectivity index (χ3n) is 2.09. The van der Waals surface area contributed by atoms with Gasteiger partial charge in [-0.1, -0.05) is 24.3 Å². The molecule has 12 heavy (non-hydrogen) atoms. The zero-order chi connectivity index (χ0) is 8.55. The van der Waals surface area contributed by atoms with Crippen molar-refractivity contribution in [2.45, 2.75) is 13.3 Å². The molecule has 0 saturated heterocycles. The molecular formula is C9H11N3. The predicted octanol–water partition coefficient (Wildman–Crippen LogP) is 1.53. The summed E-state index contributed by atoms with van der Waals surface area (Å²) >= 11 is 0. The minimum absolute atomic E-state index is 0.983. The van der Waals surface area contributed by atoms with Crippen molar-refractivity contribution in [1.82, 2.24) is 15.0 Å². The molecule has 2 aromatic rings. The van der Waals surface area contributed by atoms with Gasteiger partial charge in [0.25, 0.3) is 0 Å². The van der Waals surface area contributed by atoms with Gasteiger partial charge in [0.05, 0.1) is 5.52 Å². The van der Waals surface area contributed by atoms with Crippen molar-refractivity contribution in [2.75, 3.05) is 0 Å². The van der Waals surface area contributed by atoms with Crippen LogP contribution in [0.1, 0.15) is 12.5 Å². The topological polar surface area (TPSA) is 30.7 Å². The third-order valence-corrected chi connectivity index (χ3v) is 2.09. The highest BCUT2D eigenvalue weighted by Crippen LogP contribution is 2.15. The minimum Gasteiger partial charge on any atom is -0.247 e. The van der Waals surface area contributed by atoms with Gasteiger partial charge in [-0.2, -0.15) is 0 Å². The Morgan fingerprint density at radius 3 is 3.00 bits per heavy atom. The molecule has 0 amide bonds. The molecule has 0 saturated carbocycles. The molecule has 0 radical (unpaired) electrons. The van der Waals surface area contributed by atoms with Crippen molar-refractivity contribution in [3.05, 3.63) is 23.8 Å². The summed E-state index contributed by atoms with van der Waals surface area (Å²) in [4.78, 5) is 0. The number of aromatic nitrogens is 3. The van der Waals surface area contributed by atoms with Crippen LogP contribution in [0.2, 0.25) is 0 Å². The number of aryl methyl sites for hydroxylation is 2. The standard InChI is InChI=1S/C9H11N3/c1-3-7-5-4-6-8-9(7)12(2)11-10-8/h4-6H,3H2,1-2H3. The van der Waals surface area contributed by atoms with Gasteiger partial charge in [-0.15, -0.1) is 5.10 Å². The molecule has 0 fully saturated rings. The highest BCUT2D eigenvalue weighted by atomic mass is 15.4. The second kappa shape index (κ2) is 2.59. The van der Waals surface area contributed by atoms with Crippen molar-refractivity contribution in [3.63, 3.8) is 0 Å². The van der Waals surface area contributed by atoms with Gasteiger partial charge in [-0.05, 0) is 18.1 Å². The van der Waals surface area contributed by atoms with E-state index in [0.29, 0.717) is 0 Å². The number of para-hydroxylation sites is 1. The Labute approximate surface area is 71.0 Å². The van der Waals surface area contributed by atoms with Crippen molar-refractivity contribution >= 4 is 11.0 Å². The number of hydrogen-bond donors (Lipinski definition) is 0. The lowest BCUT2D eigenvalue weighted by molar-refractivity contribution is 0.734. The number of rotatable bonds is 1. The molecule has 3 nitrogen and oxygen atoms in total. The van der Waals surface area contributed by atoms with Gasteiger partial charge >= 0.3 is 0 Å². The van der Waals surface area contributed by atoms with Gasteiger partial charge in [-0.3, -0.25) is 0 Å². The van der Waals surface area contributed by atoms with Gasteiger partial charge in [0.2, 0.25) is 0 Å². The summed E-state index contributed by atoms with van der Waals surface area (Å²) in [5, 5.41) is 8.01. The minimum atomic E-state index is 0.983. The van der Waals surface area contributed by atoms with E-state index >= 15 is 0 Å². The van der Waals surface area contributed by atoms with Crippen LogP contribution in [0.15, 0.2) is 18.2 Å². The summed E-state index contributed by atoms with van der Waals surface area (Å²) in [6.45, 7) is 2.14. The van der Waals surface area contributed by atoms with E-state index in [1.807, 2.05) is 23.9 Å². The second-order valence-corrected chi connectivity index (χ2v) is 2.85. The van der Waals surface area contributed by atoms with Crippen molar-refractivity contribution in [2.24, 2.45) is 7.05 Å². The Hall–Kier alpha value is -1.38. The van der Waals surface area contributed by atoms with Crippen LogP contribution >= 0.6 is 0 Å². The van der Waals surface area contributed by atoms with Crippen LogP contribution in [-0.4, -0.2) is 15.0 Å². The van der Waals surface area contributed by atoms with Crippen LogP contribution in [0.5, 0.6) is 0 Å². The highest BCUT2D eigenvalue weighted by molar-refractivity contribution is 5.77. The van der Waals surface area contributed by atoms with Crippen LogP contribution in [0.4, 0.5) is 0 Å². The molecule has 0 unspecified atom stereocenters. The molecule has 0 bridgehead atoms. The maximum absolute atomic E-state index is 4.04. The predicted molar refractivity (Wildman–Crippen MR) is 47.9 cm³/mol. The summed E-state index contributed by atoms with van der Waals surface area (Å²) < 4.78 is 1.83. The van der Waals surface area contributed by atoms with Gasteiger partial charge in [0, 0.05) is 7.05 Å². The first kappa shape index (κ1) is 7.28. The Morgan fingerprint density at radius 1 is 1.42 bits per heavy atom. The molecule has 2 rings (SSSR count). The van der Waals surface area contributed by atoms with Crippen molar-refractivity contribution in [1.29, 1.82) is 0 Å². The maximum Gasteiger partial charge on any atom is 0.113 e. The Balaban J connectivity index is 2.84. The molecule has 1 aromatic carbocycles. The average Bonchev–Trinajstić information content (AvgIpc) is 2.48. The smallest absolute Gasteiger partial charge is 0.113 e. The largest absolute Gasteiger partial charge is 0.247 e. The summed E-state index contributed by atoms with van der Waals surface area (Å²) in [6.07, 6.45) is 1.03. The zero-order valence-electron chi connectivity index (χ0n) is 7.28. The Kier molecular flexibility index (Phi) is 1.57. The van der Waals surface area contributed by atoms with Crippen molar-refractivity contribution in [3.8, 4) is 0 Å². The van der Waals surface area contributed by atoms with Gasteiger partial charge in [-0.25, -0.2) is 4.68 Å². The lowest BCUT2D eigenvalue weighted by Gasteiger charge is -1.98. The first-order chi connectivity index (χ1) is 5.83. The van der Waals surface area contributed by atoms with Crippen LogP contribution in [-0.2, 0) is 13.5 Å². The molecule has 1 heterocycles. The van der Waals surface area contributed by atoms with Gasteiger partial charge in [0.1, 0.15) is 5.52 Å². The second-order valence-electron chi connectivity index (χ2n) is 2.85. The Bertz CT molecular complexity index is 403. The fraction of sp³-hybridized carbons (Fsp3) is 0.333. The van der Waals surface area contributed by atoms with Crippen LogP contribution in [0.25, 0.3) is 11.0 Å². The summed E-state index contributed by atoms with van der Waals surface area (Å²) in [5.74, 6) is 0. The van der Waals surface area contributed by atoms with Crippen LogP contribution in [0.3, 0.4) is 0 Å². The fourth-order valence-electron chi connectivity index (χ4n) is 1.48. The zero-order valence-corrected chi connectivity index (χ0v) is 7.28. The van der Waals surface area contributed by atoms with Gasteiger partial charge < -0.3 is 0 Å². The average molecular weight is 161 g/mol. The van der Waals surface area contributed by atoms with Crippen LogP contribution < -0.4 is 0 Å². The van der Waals surface area contributed by atoms with Crippen molar-refractivity contribution < 1.29 is 0 Å². The van der Waals surface area contributed by atoms with E-state index in [-0.39, 0.29) is 0 Å². The summed E-state index contributed by atoms with van der Waals surface area (Å²) in [5.41, 5.74) is 3.44. The van der Waals surface area contributed by atoms with E-state index in [1.165, 1.54) is 5.56 Å².